The van der Waals surface area contributed by atoms with E-state index in [9.17, 15) is 9.50 Å². The van der Waals surface area contributed by atoms with Crippen molar-refractivity contribution < 1.29 is 9.50 Å². The number of rotatable bonds is 1. The number of hydrogen-bond acceptors (Lipinski definition) is 3. The Hall–Kier alpha value is -0.710. The maximum absolute atomic E-state index is 13.3. The third kappa shape index (κ3) is 2.66. The molecule has 0 spiro atoms. The van der Waals surface area contributed by atoms with Crippen molar-refractivity contribution in [1.82, 2.24) is 9.88 Å². The molecule has 2 atom stereocenters. The molecule has 18 heavy (non-hydrogen) atoms. The van der Waals surface area contributed by atoms with Crippen LogP contribution in [0.5, 0.6) is 0 Å². The first-order valence-corrected chi connectivity index (χ1v) is 6.42. The number of hydrogen-bond donors (Lipinski definition) is 1. The Kier molecular flexibility index (Phi) is 3.63. The quantitative estimate of drug-likeness (QED) is 0.799. The van der Waals surface area contributed by atoms with Crippen LogP contribution in [-0.4, -0.2) is 33.2 Å². The highest BCUT2D eigenvalue weighted by Gasteiger charge is 2.39. The maximum Gasteiger partial charge on any atom is 0.141 e. The van der Waals surface area contributed by atoms with Gasteiger partial charge in [0.1, 0.15) is 11.0 Å². The molecule has 2 rings (SSSR count). The number of aromatic nitrogens is 1. The van der Waals surface area contributed by atoms with E-state index < -0.39 is 11.9 Å². The minimum Gasteiger partial charge on any atom is -0.392 e. The molecular formula is C13H18ClFN2O. The summed E-state index contributed by atoms with van der Waals surface area (Å²) in [5.74, 6) is -0.398. The molecule has 1 unspecified atom stereocenters. The van der Waals surface area contributed by atoms with Crippen LogP contribution in [0.3, 0.4) is 0 Å². The largest absolute Gasteiger partial charge is 0.392 e. The second-order valence-electron chi connectivity index (χ2n) is 5.76. The van der Waals surface area contributed by atoms with Crippen LogP contribution < -0.4 is 0 Å². The monoisotopic (exact) mass is 272 g/mol. The van der Waals surface area contributed by atoms with Crippen molar-refractivity contribution in [3.8, 4) is 0 Å². The molecule has 0 bridgehead atoms. The second kappa shape index (κ2) is 4.76. The fourth-order valence-corrected chi connectivity index (χ4v) is 2.75. The highest BCUT2D eigenvalue weighted by molar-refractivity contribution is 6.30. The molecule has 1 N–H and O–H groups in total. The summed E-state index contributed by atoms with van der Waals surface area (Å²) in [7, 11) is 0. The Morgan fingerprint density at radius 3 is 2.78 bits per heavy atom. The molecule has 1 aliphatic heterocycles. The summed E-state index contributed by atoms with van der Waals surface area (Å²) >= 11 is 6.05. The van der Waals surface area contributed by atoms with E-state index in [1.807, 2.05) is 0 Å². The number of nitrogens with zero attached hydrogens (tertiary/aromatic N) is 2. The van der Waals surface area contributed by atoms with Crippen LogP contribution in [0.2, 0.25) is 5.15 Å². The predicted octanol–water partition coefficient (Wildman–Crippen LogP) is 2.78. The summed E-state index contributed by atoms with van der Waals surface area (Å²) < 4.78 is 13.3. The van der Waals surface area contributed by atoms with Crippen molar-refractivity contribution in [2.24, 2.45) is 0 Å². The van der Waals surface area contributed by atoms with Crippen molar-refractivity contribution in [1.29, 1.82) is 0 Å². The third-order valence-corrected chi connectivity index (χ3v) is 3.65. The van der Waals surface area contributed by atoms with Crippen LogP contribution >= 0.6 is 11.6 Å². The number of halogens is 2. The van der Waals surface area contributed by atoms with Gasteiger partial charge >= 0.3 is 0 Å². The standard InChI is InChI=1S/C13H18ClFN2O/c1-13(2,3)17-7-9(18)5-11(17)10-4-8(15)6-16-12(10)14/h4,6,9,11,18H,5,7H2,1-3H3/t9?,11-/m1/s1. The van der Waals surface area contributed by atoms with Crippen molar-refractivity contribution in [2.45, 2.75) is 44.9 Å². The molecule has 1 aromatic heterocycles. The van der Waals surface area contributed by atoms with Gasteiger partial charge in [-0.3, -0.25) is 4.90 Å². The van der Waals surface area contributed by atoms with Gasteiger partial charge < -0.3 is 5.11 Å². The van der Waals surface area contributed by atoms with E-state index in [2.05, 4.69) is 30.7 Å². The Morgan fingerprint density at radius 1 is 1.50 bits per heavy atom. The third-order valence-electron chi connectivity index (χ3n) is 3.33. The van der Waals surface area contributed by atoms with Crippen molar-refractivity contribution in [3.63, 3.8) is 0 Å². The van der Waals surface area contributed by atoms with Gasteiger partial charge in [0, 0.05) is 23.7 Å². The normalized spacial score (nSPS) is 25.7. The molecule has 0 aromatic carbocycles. The summed E-state index contributed by atoms with van der Waals surface area (Å²) in [5.41, 5.74) is 0.542. The lowest BCUT2D eigenvalue weighted by atomic mass is 10.0. The SMILES string of the molecule is CC(C)(C)N1CC(O)C[C@@H]1c1cc(F)cnc1Cl. The van der Waals surface area contributed by atoms with Gasteiger partial charge in [0.05, 0.1) is 12.3 Å². The van der Waals surface area contributed by atoms with Gasteiger partial charge in [0.25, 0.3) is 0 Å². The topological polar surface area (TPSA) is 36.4 Å². The Morgan fingerprint density at radius 2 is 2.17 bits per heavy atom. The first-order valence-electron chi connectivity index (χ1n) is 6.05. The molecule has 0 saturated carbocycles. The van der Waals surface area contributed by atoms with Gasteiger partial charge in [-0.1, -0.05) is 11.6 Å². The van der Waals surface area contributed by atoms with E-state index in [1.165, 1.54) is 6.07 Å². The molecule has 0 aliphatic carbocycles. The first kappa shape index (κ1) is 13.7. The molecular weight excluding hydrogens is 255 g/mol. The fraction of sp³-hybridized carbons (Fsp3) is 0.615. The molecule has 0 amide bonds. The lowest BCUT2D eigenvalue weighted by Gasteiger charge is -2.37. The van der Waals surface area contributed by atoms with Gasteiger partial charge in [-0.15, -0.1) is 0 Å². The molecule has 100 valence electrons. The summed E-state index contributed by atoms with van der Waals surface area (Å²) in [6.07, 6.45) is 1.26. The smallest absolute Gasteiger partial charge is 0.141 e. The van der Waals surface area contributed by atoms with Gasteiger partial charge in [-0.2, -0.15) is 0 Å². The van der Waals surface area contributed by atoms with E-state index in [0.717, 1.165) is 6.20 Å². The molecule has 3 nitrogen and oxygen atoms in total. The van der Waals surface area contributed by atoms with E-state index in [1.54, 1.807) is 0 Å². The highest BCUT2D eigenvalue weighted by Crippen LogP contribution is 2.39. The first-order chi connectivity index (χ1) is 8.29. The predicted molar refractivity (Wildman–Crippen MR) is 69.0 cm³/mol. The van der Waals surface area contributed by atoms with Crippen LogP contribution in [0.25, 0.3) is 0 Å². The molecule has 1 aromatic rings. The minimum atomic E-state index is -0.409. The number of β-amino-alcohol motifs (C(OH)–C–C–N with tert-alkyl or cyclic N) is 1. The minimum absolute atomic E-state index is 0.0873. The second-order valence-corrected chi connectivity index (χ2v) is 6.12. The van der Waals surface area contributed by atoms with E-state index in [0.29, 0.717) is 23.7 Å². The Balaban J connectivity index is 2.39. The van der Waals surface area contributed by atoms with Crippen LogP contribution in [0, 0.1) is 5.82 Å². The highest BCUT2D eigenvalue weighted by atomic mass is 35.5. The van der Waals surface area contributed by atoms with E-state index in [-0.39, 0.29) is 11.6 Å². The van der Waals surface area contributed by atoms with Crippen LogP contribution in [0.1, 0.15) is 38.8 Å². The number of likely N-dealkylation sites (tertiary alicyclic amines) is 1. The molecule has 0 radical (unpaired) electrons. The number of pyridine rings is 1. The van der Waals surface area contributed by atoms with E-state index >= 15 is 0 Å². The van der Waals surface area contributed by atoms with Crippen molar-refractivity contribution in [2.75, 3.05) is 6.54 Å². The Labute approximate surface area is 112 Å². The average molecular weight is 273 g/mol. The lowest BCUT2D eigenvalue weighted by molar-refractivity contribution is 0.104. The summed E-state index contributed by atoms with van der Waals surface area (Å²) in [5, 5.41) is 10.2. The Bertz CT molecular complexity index is 447. The van der Waals surface area contributed by atoms with Crippen LogP contribution in [0.4, 0.5) is 4.39 Å². The van der Waals surface area contributed by atoms with Gasteiger partial charge in [0.2, 0.25) is 0 Å². The zero-order valence-corrected chi connectivity index (χ0v) is 11.6. The van der Waals surface area contributed by atoms with Crippen LogP contribution in [-0.2, 0) is 0 Å². The zero-order chi connectivity index (χ0) is 13.5. The van der Waals surface area contributed by atoms with Crippen molar-refractivity contribution in [3.05, 3.63) is 28.8 Å². The lowest BCUT2D eigenvalue weighted by Crippen LogP contribution is -2.41. The zero-order valence-electron chi connectivity index (χ0n) is 10.8. The molecule has 1 fully saturated rings. The molecule has 1 saturated heterocycles. The fourth-order valence-electron chi connectivity index (χ4n) is 2.52. The molecule has 1 aliphatic rings. The van der Waals surface area contributed by atoms with Crippen LogP contribution in [0.15, 0.2) is 12.3 Å². The molecule has 5 heteroatoms. The summed E-state index contributed by atoms with van der Waals surface area (Å²) in [6, 6.07) is 1.33. The average Bonchev–Trinajstić information content (AvgIpc) is 2.63. The van der Waals surface area contributed by atoms with E-state index in [4.69, 9.17) is 11.6 Å². The van der Waals surface area contributed by atoms with Gasteiger partial charge in [-0.05, 0) is 33.3 Å². The van der Waals surface area contributed by atoms with Gasteiger partial charge in [0.15, 0.2) is 0 Å². The van der Waals surface area contributed by atoms with Crippen molar-refractivity contribution >= 4 is 11.6 Å². The van der Waals surface area contributed by atoms with Gasteiger partial charge in [-0.25, -0.2) is 9.37 Å². The number of aliphatic hydroxyl groups is 1. The molecule has 2 heterocycles. The summed E-state index contributed by atoms with van der Waals surface area (Å²) in [4.78, 5) is 5.99. The summed E-state index contributed by atoms with van der Waals surface area (Å²) in [6.45, 7) is 6.77. The number of aliphatic hydroxyl groups excluding tert-OH is 1. The maximum atomic E-state index is 13.3.